The second kappa shape index (κ2) is 8.25. The third-order valence-electron chi connectivity index (χ3n) is 4.35. The number of aromatic nitrogens is 2. The van der Waals surface area contributed by atoms with Crippen LogP contribution in [0.25, 0.3) is 10.2 Å². The van der Waals surface area contributed by atoms with E-state index in [1.54, 1.807) is 28.4 Å². The van der Waals surface area contributed by atoms with E-state index in [1.807, 2.05) is 0 Å². The summed E-state index contributed by atoms with van der Waals surface area (Å²) in [6.45, 7) is 8.28. The molecule has 0 saturated carbocycles. The van der Waals surface area contributed by atoms with Crippen LogP contribution in [0.1, 0.15) is 29.7 Å². The SMILES string of the molecule is C=CCN(CC=C)C(=O)COc1ncnc2sc3c(c12)CCCCC3. The van der Waals surface area contributed by atoms with E-state index >= 15 is 0 Å². The van der Waals surface area contributed by atoms with Crippen molar-refractivity contribution in [1.82, 2.24) is 14.9 Å². The number of aryl methyl sites for hydroxylation is 2. The summed E-state index contributed by atoms with van der Waals surface area (Å²) in [6.07, 6.45) is 10.7. The maximum atomic E-state index is 12.4. The molecule has 2 heterocycles. The van der Waals surface area contributed by atoms with Crippen molar-refractivity contribution < 1.29 is 9.53 Å². The lowest BCUT2D eigenvalue weighted by Crippen LogP contribution is -2.35. The first-order valence-electron chi connectivity index (χ1n) is 8.62. The number of fused-ring (bicyclic) bond motifs is 3. The number of ether oxygens (including phenoxy) is 1. The van der Waals surface area contributed by atoms with Crippen molar-refractivity contribution in [3.63, 3.8) is 0 Å². The van der Waals surface area contributed by atoms with Crippen LogP contribution in [0.4, 0.5) is 0 Å². The Morgan fingerprint density at radius 2 is 1.96 bits per heavy atom. The molecule has 1 aliphatic rings. The van der Waals surface area contributed by atoms with E-state index in [4.69, 9.17) is 4.74 Å². The molecule has 0 atom stereocenters. The van der Waals surface area contributed by atoms with Crippen LogP contribution in [0, 0.1) is 0 Å². The summed E-state index contributed by atoms with van der Waals surface area (Å²) < 4.78 is 5.82. The molecule has 3 rings (SSSR count). The molecule has 0 N–H and O–H groups in total. The average Bonchev–Trinajstić information content (AvgIpc) is 2.81. The van der Waals surface area contributed by atoms with E-state index in [0.29, 0.717) is 19.0 Å². The Morgan fingerprint density at radius 1 is 1.20 bits per heavy atom. The van der Waals surface area contributed by atoms with Crippen LogP contribution in [0.5, 0.6) is 5.88 Å². The van der Waals surface area contributed by atoms with E-state index in [1.165, 1.54) is 36.0 Å². The van der Waals surface area contributed by atoms with Gasteiger partial charge in [-0.1, -0.05) is 18.6 Å². The molecule has 0 spiro atoms. The van der Waals surface area contributed by atoms with Crippen LogP contribution >= 0.6 is 11.3 Å². The summed E-state index contributed by atoms with van der Waals surface area (Å²) in [5.74, 6) is 0.419. The number of carbonyl (C=O) groups is 1. The van der Waals surface area contributed by atoms with E-state index < -0.39 is 0 Å². The molecule has 2 aromatic heterocycles. The fourth-order valence-corrected chi connectivity index (χ4v) is 4.38. The lowest BCUT2D eigenvalue weighted by atomic mass is 10.1. The fourth-order valence-electron chi connectivity index (χ4n) is 3.16. The summed E-state index contributed by atoms with van der Waals surface area (Å²) in [5, 5.41) is 0.996. The number of amides is 1. The predicted molar refractivity (Wildman–Crippen MR) is 101 cm³/mol. The minimum Gasteiger partial charge on any atom is -0.467 e. The number of carbonyl (C=O) groups excluding carboxylic acids is 1. The Balaban J connectivity index is 1.81. The molecule has 0 aliphatic heterocycles. The van der Waals surface area contributed by atoms with E-state index in [-0.39, 0.29) is 12.5 Å². The Hall–Kier alpha value is -2.21. The molecule has 0 fully saturated rings. The van der Waals surface area contributed by atoms with Crippen molar-refractivity contribution >= 4 is 27.5 Å². The van der Waals surface area contributed by atoms with E-state index in [9.17, 15) is 4.79 Å². The van der Waals surface area contributed by atoms with Crippen LogP contribution in [-0.2, 0) is 17.6 Å². The summed E-state index contributed by atoms with van der Waals surface area (Å²) in [5.41, 5.74) is 1.31. The van der Waals surface area contributed by atoms with Crippen LogP contribution in [0.2, 0.25) is 0 Å². The molecule has 1 aliphatic carbocycles. The summed E-state index contributed by atoms with van der Waals surface area (Å²) in [7, 11) is 0. The van der Waals surface area contributed by atoms with Gasteiger partial charge in [0.1, 0.15) is 11.2 Å². The molecule has 0 unspecified atom stereocenters. The fraction of sp³-hybridized carbons (Fsp3) is 0.421. The minimum atomic E-state index is -0.104. The van der Waals surface area contributed by atoms with E-state index in [2.05, 4.69) is 23.1 Å². The highest BCUT2D eigenvalue weighted by Gasteiger charge is 2.20. The van der Waals surface area contributed by atoms with Crippen molar-refractivity contribution in [3.05, 3.63) is 42.1 Å². The number of nitrogens with zero attached hydrogens (tertiary/aromatic N) is 3. The van der Waals surface area contributed by atoms with Crippen molar-refractivity contribution in [1.29, 1.82) is 0 Å². The number of thiophene rings is 1. The first kappa shape index (κ1) is 17.6. The molecule has 1 amide bonds. The lowest BCUT2D eigenvalue weighted by molar-refractivity contribution is -0.132. The smallest absolute Gasteiger partial charge is 0.261 e. The molecule has 2 aromatic rings. The third kappa shape index (κ3) is 3.90. The van der Waals surface area contributed by atoms with Gasteiger partial charge in [0.2, 0.25) is 5.88 Å². The van der Waals surface area contributed by atoms with Gasteiger partial charge in [0.25, 0.3) is 5.91 Å². The van der Waals surface area contributed by atoms with Gasteiger partial charge < -0.3 is 9.64 Å². The Bertz CT molecular complexity index is 774. The number of hydrogen-bond acceptors (Lipinski definition) is 5. The van der Waals surface area contributed by atoms with Crippen LogP contribution in [-0.4, -0.2) is 40.5 Å². The highest BCUT2D eigenvalue weighted by Crippen LogP contribution is 2.38. The Kier molecular flexibility index (Phi) is 5.81. The topological polar surface area (TPSA) is 55.3 Å². The van der Waals surface area contributed by atoms with E-state index in [0.717, 1.165) is 23.1 Å². The molecule has 0 radical (unpaired) electrons. The third-order valence-corrected chi connectivity index (χ3v) is 5.55. The molecule has 0 aromatic carbocycles. The van der Waals surface area contributed by atoms with Gasteiger partial charge in [0, 0.05) is 18.0 Å². The average molecular weight is 357 g/mol. The first-order chi connectivity index (χ1) is 12.2. The van der Waals surface area contributed by atoms with Gasteiger partial charge in [0.15, 0.2) is 6.61 Å². The number of rotatable bonds is 7. The van der Waals surface area contributed by atoms with Crippen molar-refractivity contribution in [2.75, 3.05) is 19.7 Å². The van der Waals surface area contributed by atoms with Crippen LogP contribution < -0.4 is 4.74 Å². The molecule has 0 bridgehead atoms. The van der Waals surface area contributed by atoms with Gasteiger partial charge in [-0.2, -0.15) is 0 Å². The van der Waals surface area contributed by atoms with Gasteiger partial charge in [-0.15, -0.1) is 24.5 Å². The molecule has 132 valence electrons. The maximum absolute atomic E-state index is 12.4. The highest BCUT2D eigenvalue weighted by molar-refractivity contribution is 7.18. The van der Waals surface area contributed by atoms with Crippen molar-refractivity contribution in [2.45, 2.75) is 32.1 Å². The Labute approximate surface area is 152 Å². The summed E-state index contributed by atoms with van der Waals surface area (Å²) in [4.78, 5) is 25.1. The number of hydrogen-bond donors (Lipinski definition) is 0. The van der Waals surface area contributed by atoms with Gasteiger partial charge in [-0.25, -0.2) is 9.97 Å². The first-order valence-corrected chi connectivity index (χ1v) is 9.43. The Morgan fingerprint density at radius 3 is 2.72 bits per heavy atom. The van der Waals surface area contributed by atoms with Crippen molar-refractivity contribution in [3.8, 4) is 5.88 Å². The normalized spacial score (nSPS) is 13.8. The van der Waals surface area contributed by atoms with Crippen LogP contribution in [0.3, 0.4) is 0 Å². The largest absolute Gasteiger partial charge is 0.467 e. The zero-order valence-electron chi connectivity index (χ0n) is 14.4. The van der Waals surface area contributed by atoms with Gasteiger partial charge in [0.05, 0.1) is 5.39 Å². The maximum Gasteiger partial charge on any atom is 0.261 e. The molecule has 6 heteroatoms. The molecular weight excluding hydrogens is 334 g/mol. The summed E-state index contributed by atoms with van der Waals surface area (Å²) >= 11 is 1.73. The van der Waals surface area contributed by atoms with Gasteiger partial charge in [-0.3, -0.25) is 4.79 Å². The lowest BCUT2D eigenvalue weighted by Gasteiger charge is -2.19. The zero-order valence-corrected chi connectivity index (χ0v) is 15.2. The predicted octanol–water partition coefficient (Wildman–Crippen LogP) is 3.54. The standard InChI is InChI=1S/C19H23N3O2S/c1-3-10-22(11-4-2)16(23)12-24-18-17-14-8-6-5-7-9-15(14)25-19(17)21-13-20-18/h3-4,13H,1-2,5-12H2. The molecule has 0 saturated heterocycles. The molecular formula is C19H23N3O2S. The minimum absolute atomic E-state index is 0.0432. The monoisotopic (exact) mass is 357 g/mol. The second-order valence-corrected chi connectivity index (χ2v) is 7.17. The van der Waals surface area contributed by atoms with Gasteiger partial charge in [-0.05, 0) is 31.2 Å². The quantitative estimate of drug-likeness (QED) is 0.562. The van der Waals surface area contributed by atoms with Gasteiger partial charge >= 0.3 is 0 Å². The second-order valence-electron chi connectivity index (χ2n) is 6.09. The highest BCUT2D eigenvalue weighted by atomic mass is 32.1. The van der Waals surface area contributed by atoms with Crippen LogP contribution in [0.15, 0.2) is 31.6 Å². The molecule has 5 nitrogen and oxygen atoms in total. The summed E-state index contributed by atoms with van der Waals surface area (Å²) in [6, 6.07) is 0. The van der Waals surface area contributed by atoms with Crippen molar-refractivity contribution in [2.24, 2.45) is 0 Å². The molecule has 25 heavy (non-hydrogen) atoms. The zero-order chi connectivity index (χ0) is 17.6.